The third-order valence-electron chi connectivity index (χ3n) is 4.61. The minimum absolute atomic E-state index is 0.0894. The lowest BCUT2D eigenvalue weighted by Gasteiger charge is -2.08. The molecular formula is C23H20N2O3S. The van der Waals surface area contributed by atoms with Gasteiger partial charge in [0.1, 0.15) is 0 Å². The van der Waals surface area contributed by atoms with Crippen molar-refractivity contribution in [2.45, 2.75) is 6.42 Å². The molecule has 0 aliphatic heterocycles. The van der Waals surface area contributed by atoms with Crippen LogP contribution in [0.2, 0.25) is 0 Å². The van der Waals surface area contributed by atoms with E-state index in [1.807, 2.05) is 60.0 Å². The zero-order chi connectivity index (χ0) is 20.2. The maximum Gasteiger partial charge on any atom is 0.230 e. The lowest BCUT2D eigenvalue weighted by molar-refractivity contribution is -0.115. The quantitative estimate of drug-likeness (QED) is 0.482. The average molecular weight is 404 g/mol. The molecule has 0 radical (unpaired) electrons. The molecule has 1 N–H and O–H groups in total. The third kappa shape index (κ3) is 4.22. The number of hydrogen-bond acceptors (Lipinski definition) is 5. The molecule has 0 aliphatic carbocycles. The number of nitrogens with zero attached hydrogens (tertiary/aromatic N) is 1. The summed E-state index contributed by atoms with van der Waals surface area (Å²) in [6.45, 7) is 0. The second-order valence-electron chi connectivity index (χ2n) is 6.51. The van der Waals surface area contributed by atoms with Gasteiger partial charge in [-0.15, -0.1) is 11.3 Å². The number of thiazole rings is 1. The molecule has 0 atom stereocenters. The number of carbonyl (C=O) groups is 1. The van der Waals surface area contributed by atoms with Crippen molar-refractivity contribution in [2.75, 3.05) is 19.5 Å². The van der Waals surface area contributed by atoms with Gasteiger partial charge in [-0.2, -0.15) is 0 Å². The Kier molecular flexibility index (Phi) is 5.44. The van der Waals surface area contributed by atoms with Gasteiger partial charge in [0, 0.05) is 10.9 Å². The highest BCUT2D eigenvalue weighted by Crippen LogP contribution is 2.33. The molecule has 4 rings (SSSR count). The number of carbonyl (C=O) groups excluding carboxylic acids is 1. The molecule has 6 heteroatoms. The predicted molar refractivity (Wildman–Crippen MR) is 117 cm³/mol. The summed E-state index contributed by atoms with van der Waals surface area (Å²) < 4.78 is 10.6. The lowest BCUT2D eigenvalue weighted by Crippen LogP contribution is -2.14. The highest BCUT2D eigenvalue weighted by Gasteiger charge is 2.11. The van der Waals surface area contributed by atoms with Crippen LogP contribution in [0.15, 0.2) is 66.0 Å². The van der Waals surface area contributed by atoms with Gasteiger partial charge < -0.3 is 14.8 Å². The molecule has 1 aromatic heterocycles. The number of anilines is 1. The van der Waals surface area contributed by atoms with Crippen molar-refractivity contribution in [1.82, 2.24) is 4.98 Å². The summed E-state index contributed by atoms with van der Waals surface area (Å²) in [6, 6.07) is 19.8. The minimum atomic E-state index is -0.0894. The Hall–Kier alpha value is -3.38. The molecule has 0 spiro atoms. The number of rotatable bonds is 6. The zero-order valence-corrected chi connectivity index (χ0v) is 17.0. The molecule has 1 heterocycles. The van der Waals surface area contributed by atoms with Crippen LogP contribution in [0.25, 0.3) is 22.0 Å². The summed E-state index contributed by atoms with van der Waals surface area (Å²) in [7, 11) is 3.20. The first kappa shape index (κ1) is 19.0. The zero-order valence-electron chi connectivity index (χ0n) is 16.1. The van der Waals surface area contributed by atoms with Crippen molar-refractivity contribution in [1.29, 1.82) is 0 Å². The summed E-state index contributed by atoms with van der Waals surface area (Å²) >= 11 is 1.39. The molecule has 1 amide bonds. The lowest BCUT2D eigenvalue weighted by atomic mass is 10.1. The van der Waals surface area contributed by atoms with Gasteiger partial charge in [-0.3, -0.25) is 4.79 Å². The Balaban J connectivity index is 1.46. The first-order chi connectivity index (χ1) is 14.2. The van der Waals surface area contributed by atoms with Gasteiger partial charge in [-0.05, 0) is 34.5 Å². The smallest absolute Gasteiger partial charge is 0.230 e. The van der Waals surface area contributed by atoms with E-state index >= 15 is 0 Å². The molecule has 0 unspecified atom stereocenters. The van der Waals surface area contributed by atoms with Crippen LogP contribution in [0.5, 0.6) is 11.5 Å². The largest absolute Gasteiger partial charge is 0.493 e. The van der Waals surface area contributed by atoms with Crippen LogP contribution in [0, 0.1) is 0 Å². The first-order valence-corrected chi connectivity index (χ1v) is 9.99. The van der Waals surface area contributed by atoms with Crippen molar-refractivity contribution < 1.29 is 14.3 Å². The van der Waals surface area contributed by atoms with E-state index in [0.29, 0.717) is 23.1 Å². The number of hydrogen-bond donors (Lipinski definition) is 1. The van der Waals surface area contributed by atoms with E-state index in [-0.39, 0.29) is 5.91 Å². The molecule has 5 nitrogen and oxygen atoms in total. The van der Waals surface area contributed by atoms with E-state index in [9.17, 15) is 4.79 Å². The van der Waals surface area contributed by atoms with Crippen molar-refractivity contribution in [3.63, 3.8) is 0 Å². The standard InChI is InChI=1S/C23H20N2O3S/c1-27-20-10-9-18(13-21(20)28-2)19-14-29-23(24-19)25-22(26)12-15-7-8-16-5-3-4-6-17(16)11-15/h3-11,13-14H,12H2,1-2H3,(H,24,25,26). The van der Waals surface area contributed by atoms with Gasteiger partial charge >= 0.3 is 0 Å². The fraction of sp³-hybridized carbons (Fsp3) is 0.130. The topological polar surface area (TPSA) is 60.5 Å². The number of benzene rings is 3. The van der Waals surface area contributed by atoms with Crippen molar-refractivity contribution in [3.05, 3.63) is 71.6 Å². The minimum Gasteiger partial charge on any atom is -0.493 e. The molecule has 4 aromatic rings. The van der Waals surface area contributed by atoms with Crippen molar-refractivity contribution >= 4 is 33.1 Å². The third-order valence-corrected chi connectivity index (χ3v) is 5.37. The van der Waals surface area contributed by atoms with Gasteiger partial charge in [0.05, 0.1) is 26.3 Å². The van der Waals surface area contributed by atoms with Gasteiger partial charge in [0.2, 0.25) is 5.91 Å². The van der Waals surface area contributed by atoms with Crippen LogP contribution in [0.4, 0.5) is 5.13 Å². The Morgan fingerprint density at radius 2 is 1.76 bits per heavy atom. The maximum absolute atomic E-state index is 12.5. The first-order valence-electron chi connectivity index (χ1n) is 9.12. The van der Waals surface area contributed by atoms with Crippen LogP contribution in [0.3, 0.4) is 0 Å². The normalized spacial score (nSPS) is 10.7. The van der Waals surface area contributed by atoms with Crippen LogP contribution >= 0.6 is 11.3 Å². The van der Waals surface area contributed by atoms with E-state index in [2.05, 4.69) is 16.4 Å². The van der Waals surface area contributed by atoms with Crippen molar-refractivity contribution in [2.24, 2.45) is 0 Å². The van der Waals surface area contributed by atoms with Gasteiger partial charge in [0.15, 0.2) is 16.6 Å². The predicted octanol–water partition coefficient (Wildman–Crippen LogP) is 5.16. The highest BCUT2D eigenvalue weighted by molar-refractivity contribution is 7.14. The second kappa shape index (κ2) is 8.32. The SMILES string of the molecule is COc1ccc(-c2csc(NC(=O)Cc3ccc4ccccc4c3)n2)cc1OC. The molecular weight excluding hydrogens is 384 g/mol. The van der Waals surface area contributed by atoms with Crippen LogP contribution in [0.1, 0.15) is 5.56 Å². The molecule has 3 aromatic carbocycles. The number of ether oxygens (including phenoxy) is 2. The Labute approximate surface area is 172 Å². The summed E-state index contributed by atoms with van der Waals surface area (Å²) in [5.74, 6) is 1.21. The monoisotopic (exact) mass is 404 g/mol. The van der Waals surface area contributed by atoms with E-state index in [1.54, 1.807) is 14.2 Å². The van der Waals surface area contributed by atoms with Crippen LogP contribution in [-0.4, -0.2) is 25.1 Å². The Bertz CT molecular complexity index is 1170. The second-order valence-corrected chi connectivity index (χ2v) is 7.37. The molecule has 0 bridgehead atoms. The van der Waals surface area contributed by atoms with E-state index < -0.39 is 0 Å². The van der Waals surface area contributed by atoms with E-state index in [0.717, 1.165) is 27.6 Å². The summed E-state index contributed by atoms with van der Waals surface area (Å²) in [6.07, 6.45) is 0.302. The molecule has 29 heavy (non-hydrogen) atoms. The van der Waals surface area contributed by atoms with Gasteiger partial charge in [0.25, 0.3) is 0 Å². The number of aromatic nitrogens is 1. The van der Waals surface area contributed by atoms with Crippen LogP contribution in [-0.2, 0) is 11.2 Å². The molecule has 0 fully saturated rings. The Morgan fingerprint density at radius 1 is 0.966 bits per heavy atom. The molecule has 0 aliphatic rings. The summed E-state index contributed by atoms with van der Waals surface area (Å²) in [5.41, 5.74) is 2.64. The summed E-state index contributed by atoms with van der Waals surface area (Å²) in [4.78, 5) is 17.0. The number of fused-ring (bicyclic) bond motifs is 1. The number of methoxy groups -OCH3 is 2. The fourth-order valence-electron chi connectivity index (χ4n) is 3.16. The van der Waals surface area contributed by atoms with Gasteiger partial charge in [-0.1, -0.05) is 42.5 Å². The Morgan fingerprint density at radius 3 is 2.55 bits per heavy atom. The number of nitrogens with one attached hydrogen (secondary N) is 1. The van der Waals surface area contributed by atoms with Crippen molar-refractivity contribution in [3.8, 4) is 22.8 Å². The highest BCUT2D eigenvalue weighted by atomic mass is 32.1. The average Bonchev–Trinajstić information content (AvgIpc) is 3.21. The molecule has 0 saturated heterocycles. The molecule has 146 valence electrons. The van der Waals surface area contributed by atoms with Gasteiger partial charge in [-0.25, -0.2) is 4.98 Å². The fourth-order valence-corrected chi connectivity index (χ4v) is 3.89. The molecule has 0 saturated carbocycles. The van der Waals surface area contributed by atoms with E-state index in [1.165, 1.54) is 11.3 Å². The number of amides is 1. The maximum atomic E-state index is 12.5. The summed E-state index contributed by atoms with van der Waals surface area (Å²) in [5, 5.41) is 7.66. The van der Waals surface area contributed by atoms with Crippen LogP contribution < -0.4 is 14.8 Å². The van der Waals surface area contributed by atoms with E-state index in [4.69, 9.17) is 9.47 Å².